The van der Waals surface area contributed by atoms with Crippen molar-refractivity contribution in [2.45, 2.75) is 59.7 Å². The van der Waals surface area contributed by atoms with Gasteiger partial charge in [-0.05, 0) is 37.5 Å². The fourth-order valence-electron chi connectivity index (χ4n) is 3.10. The molecular weight excluding hydrogens is 431 g/mol. The maximum absolute atomic E-state index is 12.9. The number of nitrogens with zero attached hydrogens (tertiary/aromatic N) is 2. The average Bonchev–Trinajstić information content (AvgIpc) is 3.03. The van der Waals surface area contributed by atoms with Crippen molar-refractivity contribution in [3.05, 3.63) is 40.0 Å². The number of carbonyl (C=O) groups is 2. The number of alkyl halides is 3. The highest BCUT2D eigenvalue weighted by Gasteiger charge is 2.34. The van der Waals surface area contributed by atoms with Crippen molar-refractivity contribution in [2.75, 3.05) is 0 Å². The zero-order valence-electron chi connectivity index (χ0n) is 17.9. The summed E-state index contributed by atoms with van der Waals surface area (Å²) in [6, 6.07) is 2.64. The smallest absolute Gasteiger partial charge is 0.326 e. The van der Waals surface area contributed by atoms with E-state index in [1.165, 1.54) is 22.6 Å². The van der Waals surface area contributed by atoms with Crippen molar-refractivity contribution in [1.29, 1.82) is 0 Å². The molecule has 168 valence electrons. The van der Waals surface area contributed by atoms with Gasteiger partial charge in [-0.1, -0.05) is 20.8 Å². The summed E-state index contributed by atoms with van der Waals surface area (Å²) in [7, 11) is 0. The summed E-state index contributed by atoms with van der Waals surface area (Å²) in [5.41, 5.74) is 3.01. The molecule has 0 bridgehead atoms. The van der Waals surface area contributed by atoms with Gasteiger partial charge in [0.25, 0.3) is 0 Å². The van der Waals surface area contributed by atoms with E-state index in [4.69, 9.17) is 4.84 Å². The van der Waals surface area contributed by atoms with Crippen molar-refractivity contribution in [3.8, 4) is 0 Å². The second-order valence-electron chi connectivity index (χ2n) is 8.74. The maximum Gasteiger partial charge on any atom is 0.416 e. The molecular formula is C21H24F3N3O3S. The van der Waals surface area contributed by atoms with Crippen LogP contribution in [0.5, 0.6) is 0 Å². The lowest BCUT2D eigenvalue weighted by Gasteiger charge is -2.34. The summed E-state index contributed by atoms with van der Waals surface area (Å²) in [5.74, 6) is -0.629. The van der Waals surface area contributed by atoms with Crippen LogP contribution in [-0.2, 0) is 27.0 Å². The number of hydrogen-bond donors (Lipinski definition) is 1. The summed E-state index contributed by atoms with van der Waals surface area (Å²) >= 11 is 1.22. The molecule has 31 heavy (non-hydrogen) atoms. The first-order valence-electron chi connectivity index (χ1n) is 9.70. The Bertz CT molecular complexity index is 1050. The van der Waals surface area contributed by atoms with Crippen LogP contribution in [-0.4, -0.2) is 28.0 Å². The minimum Gasteiger partial charge on any atom is -0.326 e. The van der Waals surface area contributed by atoms with Gasteiger partial charge < -0.3 is 4.84 Å². The Morgan fingerprint density at radius 2 is 1.94 bits per heavy atom. The highest BCUT2D eigenvalue weighted by Crippen LogP contribution is 2.33. The van der Waals surface area contributed by atoms with Gasteiger partial charge in [-0.3, -0.25) is 4.79 Å². The molecule has 0 aliphatic carbocycles. The standard InChI is InChI=1S/C21H24F3N3O3S/c1-11-12(2)27(30-18(28)10-20(3,4)5)26-15(19(11)29)9-17-25-14-8-13(21(22,23)24)6-7-16(14)31-17/h6-8,15,26H,9-10H2,1-5H3. The fourth-order valence-corrected chi connectivity index (χ4v) is 4.10. The molecule has 1 aliphatic rings. The van der Waals surface area contributed by atoms with Crippen molar-refractivity contribution < 1.29 is 27.6 Å². The minimum absolute atomic E-state index is 0.150. The van der Waals surface area contributed by atoms with E-state index in [1.54, 1.807) is 13.8 Å². The number of allylic oxidation sites excluding steroid dienone is 1. The number of nitrogens with one attached hydrogen (secondary N) is 1. The normalized spacial score (nSPS) is 18.1. The van der Waals surface area contributed by atoms with E-state index in [9.17, 15) is 22.8 Å². The monoisotopic (exact) mass is 455 g/mol. The number of benzene rings is 1. The zero-order chi connectivity index (χ0) is 23.1. The summed E-state index contributed by atoms with van der Waals surface area (Å²) in [6.07, 6.45) is -4.11. The first-order chi connectivity index (χ1) is 14.2. The number of aromatic nitrogens is 1. The molecule has 1 aromatic heterocycles. The highest BCUT2D eigenvalue weighted by molar-refractivity contribution is 7.18. The molecule has 2 heterocycles. The van der Waals surface area contributed by atoms with Crippen LogP contribution in [0.15, 0.2) is 29.5 Å². The third kappa shape index (κ3) is 5.43. The van der Waals surface area contributed by atoms with E-state index in [0.29, 0.717) is 21.0 Å². The lowest BCUT2D eigenvalue weighted by molar-refractivity contribution is -0.202. The second kappa shape index (κ2) is 8.23. The molecule has 1 N–H and O–H groups in total. The van der Waals surface area contributed by atoms with E-state index in [2.05, 4.69) is 10.4 Å². The number of carbonyl (C=O) groups excluding carboxylic acids is 2. The number of hydrogen-bond acceptors (Lipinski definition) is 7. The van der Waals surface area contributed by atoms with Crippen LogP contribution < -0.4 is 5.43 Å². The second-order valence-corrected chi connectivity index (χ2v) is 9.86. The van der Waals surface area contributed by atoms with Gasteiger partial charge in [0, 0.05) is 12.0 Å². The number of fused-ring (bicyclic) bond motifs is 1. The van der Waals surface area contributed by atoms with Gasteiger partial charge in [0.1, 0.15) is 0 Å². The molecule has 1 aromatic carbocycles. The Morgan fingerprint density at radius 3 is 2.55 bits per heavy atom. The van der Waals surface area contributed by atoms with Crippen LogP contribution in [0.4, 0.5) is 13.2 Å². The Labute approximate surface area is 182 Å². The topological polar surface area (TPSA) is 71.5 Å². The summed E-state index contributed by atoms with van der Waals surface area (Å²) in [5, 5.41) is 1.71. The number of ketones is 1. The predicted octanol–water partition coefficient (Wildman–Crippen LogP) is 4.80. The lowest BCUT2D eigenvalue weighted by Crippen LogP contribution is -2.53. The molecule has 2 aromatic rings. The van der Waals surface area contributed by atoms with Gasteiger partial charge in [-0.15, -0.1) is 16.5 Å². The van der Waals surface area contributed by atoms with Gasteiger partial charge in [0.2, 0.25) is 0 Å². The van der Waals surface area contributed by atoms with Crippen molar-refractivity contribution in [1.82, 2.24) is 15.6 Å². The number of thiazole rings is 1. The summed E-state index contributed by atoms with van der Waals surface area (Å²) in [4.78, 5) is 34.7. The quantitative estimate of drug-likeness (QED) is 0.714. The Hall–Kier alpha value is -2.46. The van der Waals surface area contributed by atoms with Crippen LogP contribution in [0.3, 0.4) is 0 Å². The predicted molar refractivity (Wildman–Crippen MR) is 111 cm³/mol. The van der Waals surface area contributed by atoms with Crippen molar-refractivity contribution >= 4 is 33.3 Å². The number of rotatable bonds is 4. The van der Waals surface area contributed by atoms with Gasteiger partial charge in [0.05, 0.1) is 38.9 Å². The summed E-state index contributed by atoms with van der Waals surface area (Å²) < 4.78 is 39.4. The zero-order valence-corrected chi connectivity index (χ0v) is 18.7. The fraction of sp³-hybridized carbons (Fsp3) is 0.476. The molecule has 0 spiro atoms. The first kappa shape index (κ1) is 23.2. The number of hydrazine groups is 1. The van der Waals surface area contributed by atoms with E-state index in [-0.39, 0.29) is 29.6 Å². The molecule has 10 heteroatoms. The van der Waals surface area contributed by atoms with Gasteiger partial charge >= 0.3 is 12.1 Å². The first-order valence-corrected chi connectivity index (χ1v) is 10.5. The Morgan fingerprint density at radius 1 is 1.26 bits per heavy atom. The van der Waals surface area contributed by atoms with Gasteiger partial charge in [0.15, 0.2) is 5.78 Å². The third-order valence-electron chi connectivity index (χ3n) is 4.81. The van der Waals surface area contributed by atoms with Crippen LogP contribution in [0.2, 0.25) is 0 Å². The van der Waals surface area contributed by atoms with Gasteiger partial charge in [-0.25, -0.2) is 9.78 Å². The Balaban J connectivity index is 1.79. The molecule has 1 unspecified atom stereocenters. The van der Waals surface area contributed by atoms with E-state index < -0.39 is 23.8 Å². The van der Waals surface area contributed by atoms with E-state index in [1.807, 2.05) is 20.8 Å². The SMILES string of the molecule is CC1=C(C)N(OC(=O)CC(C)(C)C)NC(Cc2nc3cc(C(F)(F)F)ccc3s2)C1=O. The largest absolute Gasteiger partial charge is 0.416 e. The molecule has 3 rings (SSSR count). The molecule has 0 saturated carbocycles. The maximum atomic E-state index is 12.9. The molecule has 1 aliphatic heterocycles. The highest BCUT2D eigenvalue weighted by atomic mass is 32.1. The van der Waals surface area contributed by atoms with Crippen LogP contribution in [0.1, 0.15) is 51.6 Å². The van der Waals surface area contributed by atoms with E-state index >= 15 is 0 Å². The molecule has 0 fully saturated rings. The van der Waals surface area contributed by atoms with Gasteiger partial charge in [-0.2, -0.15) is 18.6 Å². The van der Waals surface area contributed by atoms with Crippen LogP contribution in [0, 0.1) is 5.41 Å². The van der Waals surface area contributed by atoms with Crippen molar-refractivity contribution in [3.63, 3.8) is 0 Å². The van der Waals surface area contributed by atoms with Crippen LogP contribution in [0.25, 0.3) is 10.2 Å². The summed E-state index contributed by atoms with van der Waals surface area (Å²) in [6.45, 7) is 9.04. The molecule has 0 saturated heterocycles. The van der Waals surface area contributed by atoms with Crippen LogP contribution >= 0.6 is 11.3 Å². The third-order valence-corrected chi connectivity index (χ3v) is 5.87. The Kier molecular flexibility index (Phi) is 6.16. The number of hydroxylamine groups is 1. The molecule has 6 nitrogen and oxygen atoms in total. The number of Topliss-reactive ketones (excluding diaryl/α,β-unsaturated/α-hetero) is 1. The molecule has 0 amide bonds. The molecule has 0 radical (unpaired) electrons. The van der Waals surface area contributed by atoms with Crippen molar-refractivity contribution in [2.24, 2.45) is 5.41 Å². The molecule has 1 atom stereocenters. The minimum atomic E-state index is -4.45. The van der Waals surface area contributed by atoms with E-state index in [0.717, 1.165) is 12.1 Å². The average molecular weight is 456 g/mol. The lowest BCUT2D eigenvalue weighted by atomic mass is 9.93. The number of halogens is 3.